The van der Waals surface area contributed by atoms with Gasteiger partial charge in [-0.15, -0.1) is 0 Å². The van der Waals surface area contributed by atoms with Crippen LogP contribution in [0.5, 0.6) is 0 Å². The van der Waals surface area contributed by atoms with E-state index >= 15 is 0 Å². The van der Waals surface area contributed by atoms with E-state index < -0.39 is 11.4 Å². The molecule has 1 aromatic heterocycles. The molecule has 0 aliphatic rings. The maximum absolute atomic E-state index is 12.1. The molecule has 0 unspecified atom stereocenters. The normalized spacial score (nSPS) is 11.7. The molecule has 1 amide bonds. The molecule has 1 rings (SSSR count). The summed E-state index contributed by atoms with van der Waals surface area (Å²) in [5, 5.41) is 15.9. The summed E-state index contributed by atoms with van der Waals surface area (Å²) < 4.78 is 1.59. The standard InChI is InChI=1S/C13H21N3O3/c1-8(2)10-9(6-16(5)15-10)11(17)14-7-13(3,4)12(18)19/h6,8H,7H2,1-5H3,(H,14,17)(H,18,19). The van der Waals surface area contributed by atoms with Crippen molar-refractivity contribution in [2.75, 3.05) is 6.54 Å². The van der Waals surface area contributed by atoms with Gasteiger partial charge in [-0.3, -0.25) is 14.3 Å². The van der Waals surface area contributed by atoms with Gasteiger partial charge in [0.05, 0.1) is 16.7 Å². The Hall–Kier alpha value is -1.85. The highest BCUT2D eigenvalue weighted by atomic mass is 16.4. The highest BCUT2D eigenvalue weighted by molar-refractivity contribution is 5.95. The molecule has 6 heteroatoms. The predicted octanol–water partition coefficient (Wildman–Crippen LogP) is 1.38. The molecule has 0 fully saturated rings. The van der Waals surface area contributed by atoms with Crippen LogP contribution >= 0.6 is 0 Å². The van der Waals surface area contributed by atoms with Crippen molar-refractivity contribution in [3.8, 4) is 0 Å². The molecule has 0 bridgehead atoms. The second kappa shape index (κ2) is 5.42. The van der Waals surface area contributed by atoms with Crippen LogP contribution in [0.1, 0.15) is 49.7 Å². The third-order valence-corrected chi connectivity index (χ3v) is 2.92. The molecule has 0 radical (unpaired) electrons. The second-order valence-corrected chi connectivity index (χ2v) is 5.63. The lowest BCUT2D eigenvalue weighted by atomic mass is 9.94. The molecule has 0 saturated heterocycles. The Morgan fingerprint density at radius 3 is 2.53 bits per heavy atom. The summed E-state index contributed by atoms with van der Waals surface area (Å²) in [5.41, 5.74) is 0.224. The first-order chi connectivity index (χ1) is 8.65. The Bertz CT molecular complexity index is 489. The number of hydrogen-bond acceptors (Lipinski definition) is 3. The number of carbonyl (C=O) groups excluding carboxylic acids is 1. The van der Waals surface area contributed by atoms with Gasteiger partial charge in [0.2, 0.25) is 0 Å². The lowest BCUT2D eigenvalue weighted by Gasteiger charge is -2.19. The van der Waals surface area contributed by atoms with E-state index in [1.165, 1.54) is 0 Å². The number of carboxylic acid groups (broad SMARTS) is 1. The largest absolute Gasteiger partial charge is 0.481 e. The van der Waals surface area contributed by atoms with Gasteiger partial charge in [-0.25, -0.2) is 0 Å². The average Bonchev–Trinajstić information content (AvgIpc) is 2.68. The third kappa shape index (κ3) is 3.56. The molecule has 0 spiro atoms. The van der Waals surface area contributed by atoms with Crippen molar-refractivity contribution < 1.29 is 14.7 Å². The number of rotatable bonds is 5. The number of carboxylic acids is 1. The van der Waals surface area contributed by atoms with Gasteiger partial charge in [0, 0.05) is 19.8 Å². The Kier molecular flexibility index (Phi) is 4.34. The molecule has 19 heavy (non-hydrogen) atoms. The molecule has 0 aliphatic carbocycles. The van der Waals surface area contributed by atoms with Gasteiger partial charge in [-0.2, -0.15) is 5.10 Å². The van der Waals surface area contributed by atoms with Gasteiger partial charge >= 0.3 is 5.97 Å². The minimum absolute atomic E-state index is 0.0770. The Balaban J connectivity index is 2.82. The van der Waals surface area contributed by atoms with E-state index in [2.05, 4.69) is 10.4 Å². The van der Waals surface area contributed by atoms with E-state index in [1.54, 1.807) is 31.8 Å². The minimum Gasteiger partial charge on any atom is -0.481 e. The predicted molar refractivity (Wildman–Crippen MR) is 71.0 cm³/mol. The summed E-state index contributed by atoms with van der Waals surface area (Å²) in [5.74, 6) is -1.09. The monoisotopic (exact) mass is 267 g/mol. The number of nitrogens with one attached hydrogen (secondary N) is 1. The van der Waals surface area contributed by atoms with E-state index in [-0.39, 0.29) is 18.4 Å². The Morgan fingerprint density at radius 1 is 1.47 bits per heavy atom. The lowest BCUT2D eigenvalue weighted by Crippen LogP contribution is -2.39. The van der Waals surface area contributed by atoms with Crippen molar-refractivity contribution in [2.24, 2.45) is 12.5 Å². The third-order valence-electron chi connectivity index (χ3n) is 2.92. The summed E-state index contributed by atoms with van der Waals surface area (Å²) in [6.45, 7) is 7.14. The molecule has 106 valence electrons. The van der Waals surface area contributed by atoms with Gasteiger partial charge in [-0.1, -0.05) is 13.8 Å². The van der Waals surface area contributed by atoms with Crippen molar-refractivity contribution in [3.05, 3.63) is 17.5 Å². The summed E-state index contributed by atoms with van der Waals surface area (Å²) in [4.78, 5) is 23.1. The van der Waals surface area contributed by atoms with E-state index in [0.29, 0.717) is 11.3 Å². The highest BCUT2D eigenvalue weighted by Crippen LogP contribution is 2.18. The quantitative estimate of drug-likeness (QED) is 0.844. The summed E-state index contributed by atoms with van der Waals surface area (Å²) in [6, 6.07) is 0. The molecular formula is C13H21N3O3. The van der Waals surface area contributed by atoms with Crippen LogP contribution < -0.4 is 5.32 Å². The number of aliphatic carboxylic acids is 1. The van der Waals surface area contributed by atoms with Crippen LogP contribution in [0.4, 0.5) is 0 Å². The molecular weight excluding hydrogens is 246 g/mol. The molecule has 0 aromatic carbocycles. The zero-order valence-electron chi connectivity index (χ0n) is 12.0. The molecule has 1 heterocycles. The first-order valence-electron chi connectivity index (χ1n) is 6.20. The van der Waals surface area contributed by atoms with Crippen molar-refractivity contribution in [3.63, 3.8) is 0 Å². The fourth-order valence-corrected chi connectivity index (χ4v) is 1.58. The van der Waals surface area contributed by atoms with Crippen molar-refractivity contribution >= 4 is 11.9 Å². The number of hydrogen-bond donors (Lipinski definition) is 2. The first-order valence-corrected chi connectivity index (χ1v) is 6.20. The van der Waals surface area contributed by atoms with Crippen molar-refractivity contribution in [2.45, 2.75) is 33.6 Å². The Labute approximate surface area is 112 Å². The van der Waals surface area contributed by atoms with Gasteiger partial charge < -0.3 is 10.4 Å². The zero-order chi connectivity index (χ0) is 14.8. The summed E-state index contributed by atoms with van der Waals surface area (Å²) in [7, 11) is 1.75. The number of carbonyl (C=O) groups is 2. The van der Waals surface area contributed by atoms with Crippen molar-refractivity contribution in [1.82, 2.24) is 15.1 Å². The van der Waals surface area contributed by atoms with Crippen LogP contribution in [0.15, 0.2) is 6.20 Å². The fraction of sp³-hybridized carbons (Fsp3) is 0.615. The van der Waals surface area contributed by atoms with Crippen LogP contribution in [0.3, 0.4) is 0 Å². The zero-order valence-corrected chi connectivity index (χ0v) is 12.0. The second-order valence-electron chi connectivity index (χ2n) is 5.63. The topological polar surface area (TPSA) is 84.2 Å². The number of aromatic nitrogens is 2. The van der Waals surface area contributed by atoms with Crippen LogP contribution in [0, 0.1) is 5.41 Å². The number of aryl methyl sites for hydroxylation is 1. The maximum atomic E-state index is 12.1. The van der Waals surface area contributed by atoms with Gasteiger partial charge in [-0.05, 0) is 19.8 Å². The summed E-state index contributed by atoms with van der Waals surface area (Å²) in [6.07, 6.45) is 1.65. The summed E-state index contributed by atoms with van der Waals surface area (Å²) >= 11 is 0. The van der Waals surface area contributed by atoms with E-state index in [0.717, 1.165) is 0 Å². The average molecular weight is 267 g/mol. The minimum atomic E-state index is -0.990. The molecule has 6 nitrogen and oxygen atoms in total. The van der Waals surface area contributed by atoms with Crippen LogP contribution in [-0.2, 0) is 11.8 Å². The molecule has 2 N–H and O–H groups in total. The fourth-order valence-electron chi connectivity index (χ4n) is 1.58. The Morgan fingerprint density at radius 2 is 2.05 bits per heavy atom. The van der Waals surface area contributed by atoms with Crippen LogP contribution in [-0.4, -0.2) is 33.3 Å². The molecule has 0 saturated carbocycles. The molecule has 0 aliphatic heterocycles. The van der Waals surface area contributed by atoms with Gasteiger partial charge in [0.1, 0.15) is 0 Å². The number of nitrogens with zero attached hydrogens (tertiary/aromatic N) is 2. The smallest absolute Gasteiger partial charge is 0.310 e. The van der Waals surface area contributed by atoms with Crippen LogP contribution in [0.25, 0.3) is 0 Å². The maximum Gasteiger partial charge on any atom is 0.310 e. The SMILES string of the molecule is CC(C)c1nn(C)cc1C(=O)NCC(C)(C)C(=O)O. The molecule has 0 atom stereocenters. The van der Waals surface area contributed by atoms with Crippen molar-refractivity contribution in [1.29, 1.82) is 0 Å². The molecule has 1 aromatic rings. The lowest BCUT2D eigenvalue weighted by molar-refractivity contribution is -0.146. The first kappa shape index (κ1) is 15.2. The van der Waals surface area contributed by atoms with Crippen LogP contribution in [0.2, 0.25) is 0 Å². The van der Waals surface area contributed by atoms with E-state index in [9.17, 15) is 9.59 Å². The van der Waals surface area contributed by atoms with Gasteiger partial charge in [0.15, 0.2) is 0 Å². The van der Waals surface area contributed by atoms with E-state index in [1.807, 2.05) is 13.8 Å². The van der Waals surface area contributed by atoms with Gasteiger partial charge in [0.25, 0.3) is 5.91 Å². The number of amides is 1. The highest BCUT2D eigenvalue weighted by Gasteiger charge is 2.28. The van der Waals surface area contributed by atoms with E-state index in [4.69, 9.17) is 5.11 Å².